The quantitative estimate of drug-likeness (QED) is 0.368. The number of aromatic amines is 2. The minimum atomic E-state index is -0.350. The number of nitrogens with zero attached hydrogens (tertiary/aromatic N) is 1. The van der Waals surface area contributed by atoms with E-state index in [1.165, 1.54) is 6.07 Å². The van der Waals surface area contributed by atoms with Crippen molar-refractivity contribution in [3.8, 4) is 5.75 Å². The van der Waals surface area contributed by atoms with E-state index in [1.54, 1.807) is 6.92 Å². The molecule has 0 radical (unpaired) electrons. The number of hydrazone groups is 1. The number of carbonyl (C=O) groups is 1. The van der Waals surface area contributed by atoms with E-state index in [0.29, 0.717) is 23.9 Å². The van der Waals surface area contributed by atoms with E-state index in [9.17, 15) is 9.59 Å². The van der Waals surface area contributed by atoms with Gasteiger partial charge in [0.2, 0.25) is 5.91 Å². The molecule has 0 aliphatic rings. The molecular weight excluding hydrogens is 364 g/mol. The van der Waals surface area contributed by atoms with Crippen LogP contribution in [0.3, 0.4) is 0 Å². The van der Waals surface area contributed by atoms with E-state index in [4.69, 9.17) is 17.0 Å². The molecule has 0 bridgehead atoms. The Kier molecular flexibility index (Phi) is 7.48. The molecule has 3 N–H and O–H groups in total. The lowest BCUT2D eigenvalue weighted by atomic mass is 10.1. The van der Waals surface area contributed by atoms with Crippen LogP contribution in [0.2, 0.25) is 0 Å². The summed E-state index contributed by atoms with van der Waals surface area (Å²) in [6.07, 6.45) is 0.985. The highest BCUT2D eigenvalue weighted by Gasteiger charge is 2.05. The molecule has 0 atom stereocenters. The van der Waals surface area contributed by atoms with E-state index < -0.39 is 0 Å². The molecule has 0 saturated carbocycles. The maximum atomic E-state index is 12.0. The lowest BCUT2D eigenvalue weighted by Gasteiger charge is -2.09. The summed E-state index contributed by atoms with van der Waals surface area (Å²) in [5.41, 5.74) is 4.10. The molecule has 7 nitrogen and oxygen atoms in total. The molecule has 0 aliphatic heterocycles. The van der Waals surface area contributed by atoms with Crippen LogP contribution in [-0.4, -0.2) is 28.2 Å². The summed E-state index contributed by atoms with van der Waals surface area (Å²) in [5, 5.41) is 4.10. The Bertz CT molecular complexity index is 885. The van der Waals surface area contributed by atoms with Gasteiger partial charge in [-0.3, -0.25) is 14.6 Å². The molecule has 1 heterocycles. The summed E-state index contributed by atoms with van der Waals surface area (Å²) in [4.78, 5) is 28.5. The molecule has 8 heteroatoms. The van der Waals surface area contributed by atoms with Crippen LogP contribution in [0.5, 0.6) is 5.75 Å². The highest BCUT2D eigenvalue weighted by molar-refractivity contribution is 7.71. The summed E-state index contributed by atoms with van der Waals surface area (Å²) in [5.74, 6) is 1.06. The first-order valence-electron chi connectivity index (χ1n) is 8.72. The third-order valence-electron chi connectivity index (χ3n) is 3.75. The second-order valence-electron chi connectivity index (χ2n) is 6.58. The predicted molar refractivity (Wildman–Crippen MR) is 108 cm³/mol. The van der Waals surface area contributed by atoms with Crippen molar-refractivity contribution < 1.29 is 9.53 Å². The zero-order valence-electron chi connectivity index (χ0n) is 15.7. The topological polar surface area (TPSA) is 99.3 Å². The Morgan fingerprint density at radius 2 is 1.96 bits per heavy atom. The molecule has 0 fully saturated rings. The number of H-pyrrole nitrogens is 2. The summed E-state index contributed by atoms with van der Waals surface area (Å²) in [6.45, 7) is 6.80. The summed E-state index contributed by atoms with van der Waals surface area (Å²) < 4.78 is 5.87. The average molecular weight is 388 g/mol. The number of nitrogens with one attached hydrogen (secondary N) is 3. The van der Waals surface area contributed by atoms with Crippen molar-refractivity contribution in [1.82, 2.24) is 15.4 Å². The minimum Gasteiger partial charge on any atom is -0.494 e. The number of aromatic nitrogens is 2. The molecule has 144 valence electrons. The van der Waals surface area contributed by atoms with Gasteiger partial charge in [0.15, 0.2) is 4.77 Å². The SMILES string of the molecule is C/C(=N/NC(=O)Cc1cc(=O)[nH]c(=S)[nH]1)c1ccc(OCCC(C)C)cc1. The van der Waals surface area contributed by atoms with Gasteiger partial charge in [0.1, 0.15) is 5.75 Å². The van der Waals surface area contributed by atoms with Gasteiger partial charge in [0.05, 0.1) is 18.7 Å². The predicted octanol–water partition coefficient (Wildman–Crippen LogP) is 2.94. The Morgan fingerprint density at radius 1 is 1.26 bits per heavy atom. The van der Waals surface area contributed by atoms with Crippen LogP contribution < -0.4 is 15.7 Å². The van der Waals surface area contributed by atoms with Crippen LogP contribution in [-0.2, 0) is 11.2 Å². The van der Waals surface area contributed by atoms with Gasteiger partial charge < -0.3 is 9.72 Å². The van der Waals surface area contributed by atoms with Gasteiger partial charge in [-0.25, -0.2) is 5.43 Å². The van der Waals surface area contributed by atoms with E-state index in [0.717, 1.165) is 17.7 Å². The maximum Gasteiger partial charge on any atom is 0.251 e. The van der Waals surface area contributed by atoms with Gasteiger partial charge in [0.25, 0.3) is 5.56 Å². The lowest BCUT2D eigenvalue weighted by Crippen LogP contribution is -2.23. The molecule has 1 amide bonds. The third-order valence-corrected chi connectivity index (χ3v) is 3.96. The van der Waals surface area contributed by atoms with Crippen LogP contribution in [0, 0.1) is 10.7 Å². The first-order chi connectivity index (χ1) is 12.8. The fraction of sp³-hybridized carbons (Fsp3) is 0.368. The van der Waals surface area contributed by atoms with Crippen molar-refractivity contribution >= 4 is 23.8 Å². The zero-order valence-corrected chi connectivity index (χ0v) is 16.5. The van der Waals surface area contributed by atoms with Gasteiger partial charge in [-0.05, 0) is 61.3 Å². The first kappa shape index (κ1) is 20.6. The Balaban J connectivity index is 1.91. The number of carbonyl (C=O) groups excluding carboxylic acids is 1. The van der Waals surface area contributed by atoms with E-state index >= 15 is 0 Å². The van der Waals surface area contributed by atoms with Crippen molar-refractivity contribution in [2.24, 2.45) is 11.0 Å². The van der Waals surface area contributed by atoms with Crippen LogP contribution in [0.25, 0.3) is 0 Å². The second kappa shape index (κ2) is 9.82. The Labute approximate surface area is 162 Å². The van der Waals surface area contributed by atoms with Gasteiger partial charge in [-0.15, -0.1) is 0 Å². The maximum absolute atomic E-state index is 12.0. The first-order valence-corrected chi connectivity index (χ1v) is 9.13. The molecule has 0 aliphatic carbocycles. The van der Waals surface area contributed by atoms with Gasteiger partial charge in [0, 0.05) is 11.8 Å². The lowest BCUT2D eigenvalue weighted by molar-refractivity contribution is -0.120. The molecule has 0 unspecified atom stereocenters. The van der Waals surface area contributed by atoms with Crippen LogP contribution >= 0.6 is 12.2 Å². The molecule has 2 aromatic rings. The van der Waals surface area contributed by atoms with E-state index in [1.807, 2.05) is 24.3 Å². The summed E-state index contributed by atoms with van der Waals surface area (Å²) in [7, 11) is 0. The standard InChI is InChI=1S/C19H24N4O3S/c1-12(2)8-9-26-16-6-4-14(5-7-16)13(3)22-23-18(25)11-15-10-17(24)21-19(27)20-15/h4-7,10,12H,8-9,11H2,1-3H3,(H,23,25)(H2,20,21,24,27)/b22-13-. The van der Waals surface area contributed by atoms with Gasteiger partial charge in [-0.2, -0.15) is 5.10 Å². The Morgan fingerprint density at radius 3 is 2.59 bits per heavy atom. The molecule has 2 rings (SSSR count). The highest BCUT2D eigenvalue weighted by Crippen LogP contribution is 2.14. The Hall–Kier alpha value is -2.74. The van der Waals surface area contributed by atoms with Crippen LogP contribution in [0.4, 0.5) is 0 Å². The molecular formula is C19H24N4O3S. The number of benzene rings is 1. The highest BCUT2D eigenvalue weighted by atomic mass is 32.1. The smallest absolute Gasteiger partial charge is 0.251 e. The monoisotopic (exact) mass is 388 g/mol. The zero-order chi connectivity index (χ0) is 19.8. The summed E-state index contributed by atoms with van der Waals surface area (Å²) in [6, 6.07) is 8.84. The fourth-order valence-corrected chi connectivity index (χ4v) is 2.47. The fourth-order valence-electron chi connectivity index (χ4n) is 2.24. The molecule has 0 spiro atoms. The normalized spacial score (nSPS) is 11.5. The number of hydrogen-bond acceptors (Lipinski definition) is 5. The molecule has 0 saturated heterocycles. The number of hydrogen-bond donors (Lipinski definition) is 3. The third kappa shape index (κ3) is 7.18. The number of amides is 1. The molecule has 1 aromatic heterocycles. The number of rotatable bonds is 8. The number of ether oxygens (including phenoxy) is 1. The largest absolute Gasteiger partial charge is 0.494 e. The second-order valence-corrected chi connectivity index (χ2v) is 6.99. The van der Waals surface area contributed by atoms with Crippen molar-refractivity contribution in [3.05, 3.63) is 56.7 Å². The van der Waals surface area contributed by atoms with E-state index in [-0.39, 0.29) is 22.7 Å². The summed E-state index contributed by atoms with van der Waals surface area (Å²) >= 11 is 4.88. The molecule has 1 aromatic carbocycles. The van der Waals surface area contributed by atoms with Crippen molar-refractivity contribution in [2.45, 2.75) is 33.6 Å². The van der Waals surface area contributed by atoms with Gasteiger partial charge >= 0.3 is 0 Å². The van der Waals surface area contributed by atoms with Crippen LogP contribution in [0.1, 0.15) is 38.4 Å². The van der Waals surface area contributed by atoms with Crippen molar-refractivity contribution in [2.75, 3.05) is 6.61 Å². The van der Waals surface area contributed by atoms with Crippen molar-refractivity contribution in [3.63, 3.8) is 0 Å². The minimum absolute atomic E-state index is 0.0209. The van der Waals surface area contributed by atoms with E-state index in [2.05, 4.69) is 34.3 Å². The molecule has 27 heavy (non-hydrogen) atoms. The van der Waals surface area contributed by atoms with Gasteiger partial charge in [-0.1, -0.05) is 13.8 Å². The van der Waals surface area contributed by atoms with Crippen molar-refractivity contribution in [1.29, 1.82) is 0 Å². The average Bonchev–Trinajstić information content (AvgIpc) is 2.59. The van der Waals surface area contributed by atoms with Crippen LogP contribution in [0.15, 0.2) is 40.2 Å².